The van der Waals surface area contributed by atoms with Gasteiger partial charge in [0.15, 0.2) is 11.5 Å². The summed E-state index contributed by atoms with van der Waals surface area (Å²) in [6, 6.07) is 4.25. The molecule has 202 valence electrons. The summed E-state index contributed by atoms with van der Waals surface area (Å²) >= 11 is 6.13. The van der Waals surface area contributed by atoms with Gasteiger partial charge in [0.05, 0.1) is 16.2 Å². The Morgan fingerprint density at radius 1 is 1.11 bits per heavy atom. The molecule has 1 fully saturated rings. The van der Waals surface area contributed by atoms with Gasteiger partial charge < -0.3 is 11.1 Å². The van der Waals surface area contributed by atoms with E-state index in [9.17, 15) is 39.9 Å². The number of hydrazine groups is 1. The van der Waals surface area contributed by atoms with Gasteiger partial charge in [-0.3, -0.25) is 14.5 Å². The highest BCUT2D eigenvalue weighted by Crippen LogP contribution is 2.51. The van der Waals surface area contributed by atoms with E-state index in [4.69, 9.17) is 17.3 Å². The summed E-state index contributed by atoms with van der Waals surface area (Å²) in [6.07, 6.45) is -9.64. The van der Waals surface area contributed by atoms with Crippen molar-refractivity contribution < 1.29 is 39.9 Å². The predicted octanol–water partition coefficient (Wildman–Crippen LogP) is 4.63. The van der Waals surface area contributed by atoms with Gasteiger partial charge in [-0.2, -0.15) is 40.2 Å². The van der Waals surface area contributed by atoms with Crippen molar-refractivity contribution in [3.63, 3.8) is 0 Å². The number of rotatable bonds is 5. The minimum atomic E-state index is -6.31. The molecule has 3 N–H and O–H groups in total. The van der Waals surface area contributed by atoms with Crippen LogP contribution < -0.4 is 16.1 Å². The third-order valence-electron chi connectivity index (χ3n) is 5.95. The molecule has 2 heterocycles. The van der Waals surface area contributed by atoms with Crippen LogP contribution in [0.25, 0.3) is 5.57 Å². The SMILES string of the molecule is CN1CC(c2ccc(Cl)c(C(=O)NC3(N)CC3)c2)=CN1c1c(C(F)(F)F)c(C(F)(F)C(F)(F)F)nn1C. The number of amides is 1. The van der Waals surface area contributed by atoms with E-state index in [0.29, 0.717) is 28.7 Å². The molecule has 37 heavy (non-hydrogen) atoms. The smallest absolute Gasteiger partial charge is 0.334 e. The summed E-state index contributed by atoms with van der Waals surface area (Å²) in [4.78, 5) is 12.6. The average molecular weight is 559 g/mol. The van der Waals surface area contributed by atoms with Crippen LogP contribution in [0.4, 0.5) is 40.9 Å². The van der Waals surface area contributed by atoms with E-state index in [1.165, 1.54) is 25.2 Å². The third-order valence-corrected chi connectivity index (χ3v) is 6.28. The molecule has 0 unspecified atom stereocenters. The quantitative estimate of drug-likeness (QED) is 0.413. The number of aromatic nitrogens is 2. The molecule has 7 nitrogen and oxygen atoms in total. The highest BCUT2D eigenvalue weighted by atomic mass is 35.5. The molecule has 1 saturated carbocycles. The van der Waals surface area contributed by atoms with Crippen LogP contribution >= 0.6 is 11.6 Å². The first-order chi connectivity index (χ1) is 16.9. The summed E-state index contributed by atoms with van der Waals surface area (Å²) in [6.45, 7) is -0.0863. The van der Waals surface area contributed by atoms with Crippen LogP contribution in [0.1, 0.15) is 40.0 Å². The Labute approximate surface area is 209 Å². The van der Waals surface area contributed by atoms with Crippen LogP contribution in [0.2, 0.25) is 5.02 Å². The number of aryl methyl sites for hydroxylation is 1. The van der Waals surface area contributed by atoms with Gasteiger partial charge in [-0.05, 0) is 36.1 Å². The molecule has 4 rings (SSSR count). The van der Waals surface area contributed by atoms with Crippen molar-refractivity contribution in [1.29, 1.82) is 0 Å². The lowest BCUT2D eigenvalue weighted by Crippen LogP contribution is -2.43. The van der Waals surface area contributed by atoms with Gasteiger partial charge in [-0.25, -0.2) is 5.01 Å². The van der Waals surface area contributed by atoms with Crippen molar-refractivity contribution in [1.82, 2.24) is 20.1 Å². The number of alkyl halides is 8. The van der Waals surface area contributed by atoms with Gasteiger partial charge in [0.25, 0.3) is 5.91 Å². The largest absolute Gasteiger partial charge is 0.459 e. The number of anilines is 1. The van der Waals surface area contributed by atoms with Crippen LogP contribution in [0.3, 0.4) is 0 Å². The Morgan fingerprint density at radius 2 is 1.73 bits per heavy atom. The molecule has 0 bridgehead atoms. The Kier molecular flexibility index (Phi) is 6.28. The standard InChI is InChI=1S/C21H19ClF8N6O/c1-34-8-11(10-3-4-13(22)12(7-10)16(37)32-18(31)5-6-18)9-36(34)17-14(20(25,26)27)15(33-35(17)2)19(23,24)21(28,29)30/h3-4,7,9H,5-6,8,31H2,1-2H3,(H,32,37). The average Bonchev–Trinajstić information content (AvgIpc) is 3.18. The number of nitrogens with two attached hydrogens (primary N) is 1. The first kappa shape index (κ1) is 27.1. The molecule has 0 atom stereocenters. The fourth-order valence-corrected chi connectivity index (χ4v) is 4.05. The zero-order valence-corrected chi connectivity index (χ0v) is 19.9. The van der Waals surface area contributed by atoms with Crippen LogP contribution in [-0.2, 0) is 19.1 Å². The first-order valence-corrected chi connectivity index (χ1v) is 10.9. The molecule has 0 radical (unpaired) electrons. The minimum Gasteiger partial charge on any atom is -0.334 e. The summed E-state index contributed by atoms with van der Waals surface area (Å²) in [5.41, 5.74) is 1.08. The second-order valence-electron chi connectivity index (χ2n) is 8.86. The van der Waals surface area contributed by atoms with E-state index in [-0.39, 0.29) is 17.1 Å². The Balaban J connectivity index is 1.77. The maximum atomic E-state index is 14.0. The number of benzene rings is 1. The van der Waals surface area contributed by atoms with Crippen LogP contribution in [0, 0.1) is 0 Å². The van der Waals surface area contributed by atoms with Crippen molar-refractivity contribution in [3.8, 4) is 0 Å². The van der Waals surface area contributed by atoms with Crippen molar-refractivity contribution in [2.45, 2.75) is 36.8 Å². The summed E-state index contributed by atoms with van der Waals surface area (Å²) < 4.78 is 109. The molecule has 16 heteroatoms. The van der Waals surface area contributed by atoms with Crippen molar-refractivity contribution >= 4 is 28.9 Å². The lowest BCUT2D eigenvalue weighted by Gasteiger charge is -2.27. The Hall–Kier alpha value is -2.91. The fourth-order valence-electron chi connectivity index (χ4n) is 3.84. The number of nitrogens with zero attached hydrogens (tertiary/aromatic N) is 4. The second-order valence-corrected chi connectivity index (χ2v) is 9.27. The van der Waals surface area contributed by atoms with Gasteiger partial charge in [-0.15, -0.1) is 0 Å². The monoisotopic (exact) mass is 558 g/mol. The van der Waals surface area contributed by atoms with Gasteiger partial charge in [0, 0.05) is 26.8 Å². The third kappa shape index (κ3) is 4.86. The number of hydrogen-bond acceptors (Lipinski definition) is 5. The number of likely N-dealkylation sites (N-methyl/N-ethyl adjacent to an activating group) is 1. The highest BCUT2D eigenvalue weighted by Gasteiger charge is 2.64. The number of hydrogen-bond donors (Lipinski definition) is 2. The molecule has 1 aromatic carbocycles. The molecular formula is C21H19ClF8N6O. The Morgan fingerprint density at radius 3 is 2.27 bits per heavy atom. The number of carbonyl (C=O) groups is 1. The van der Waals surface area contributed by atoms with Gasteiger partial charge in [0.2, 0.25) is 0 Å². The van der Waals surface area contributed by atoms with Crippen LogP contribution in [-0.4, -0.2) is 46.1 Å². The molecule has 0 spiro atoms. The topological polar surface area (TPSA) is 79.4 Å². The summed E-state index contributed by atoms with van der Waals surface area (Å²) in [7, 11) is 2.12. The van der Waals surface area contributed by atoms with E-state index in [2.05, 4.69) is 10.4 Å². The van der Waals surface area contributed by atoms with E-state index in [1.807, 2.05) is 0 Å². The van der Waals surface area contributed by atoms with Gasteiger partial charge in [0.1, 0.15) is 5.56 Å². The Bertz CT molecular complexity index is 1280. The lowest BCUT2D eigenvalue weighted by molar-refractivity contribution is -0.292. The van der Waals surface area contributed by atoms with E-state index < -0.39 is 46.9 Å². The zero-order valence-electron chi connectivity index (χ0n) is 19.1. The normalized spacial score (nSPS) is 18.3. The molecule has 0 saturated heterocycles. The maximum absolute atomic E-state index is 14.0. The number of nitrogens with one attached hydrogen (secondary N) is 1. The predicted molar refractivity (Wildman–Crippen MR) is 116 cm³/mol. The molecule has 1 amide bonds. The second kappa shape index (κ2) is 8.56. The van der Waals surface area contributed by atoms with Crippen molar-refractivity contribution in [2.24, 2.45) is 12.8 Å². The number of carbonyl (C=O) groups excluding carboxylic acids is 1. The van der Waals surface area contributed by atoms with E-state index in [1.54, 1.807) is 0 Å². The summed E-state index contributed by atoms with van der Waals surface area (Å²) in [5.74, 6) is -7.48. The molecule has 1 aliphatic carbocycles. The van der Waals surface area contributed by atoms with Crippen molar-refractivity contribution in [2.75, 3.05) is 18.6 Å². The molecule has 1 aromatic heterocycles. The molecule has 2 aliphatic rings. The minimum absolute atomic E-state index is 0.0431. The lowest BCUT2D eigenvalue weighted by atomic mass is 10.0. The highest BCUT2D eigenvalue weighted by molar-refractivity contribution is 6.34. The van der Waals surface area contributed by atoms with Gasteiger partial charge in [-0.1, -0.05) is 17.7 Å². The number of halogens is 9. The molecule has 1 aliphatic heterocycles. The first-order valence-electron chi connectivity index (χ1n) is 10.6. The van der Waals surface area contributed by atoms with Crippen LogP contribution in [0.5, 0.6) is 0 Å². The van der Waals surface area contributed by atoms with E-state index >= 15 is 0 Å². The fraction of sp³-hybridized carbons (Fsp3) is 0.429. The molecular weight excluding hydrogens is 540 g/mol. The van der Waals surface area contributed by atoms with Gasteiger partial charge >= 0.3 is 18.3 Å². The van der Waals surface area contributed by atoms with Crippen LogP contribution in [0.15, 0.2) is 24.4 Å². The zero-order chi connectivity index (χ0) is 27.7. The maximum Gasteiger partial charge on any atom is 0.459 e. The van der Waals surface area contributed by atoms with E-state index in [0.717, 1.165) is 23.3 Å². The summed E-state index contributed by atoms with van der Waals surface area (Å²) in [5, 5.41) is 7.56. The molecule has 2 aromatic rings. The van der Waals surface area contributed by atoms with Crippen molar-refractivity contribution in [3.05, 3.63) is 51.8 Å².